The molecule has 4 aromatic carbocycles. The van der Waals surface area contributed by atoms with E-state index in [9.17, 15) is 0 Å². The minimum Gasteiger partial charge on any atom is -0.456 e. The van der Waals surface area contributed by atoms with Gasteiger partial charge in [-0.1, -0.05) is 123 Å². The third-order valence-corrected chi connectivity index (χ3v) is 5.78. The molecule has 0 unspecified atom stereocenters. The Labute approximate surface area is 197 Å². The lowest BCUT2D eigenvalue weighted by Gasteiger charge is -2.16. The molecule has 4 rings (SSSR count). The fourth-order valence-electron chi connectivity index (χ4n) is 3.96. The van der Waals surface area contributed by atoms with Gasteiger partial charge in [0, 0.05) is 11.1 Å². The molecule has 0 spiro atoms. The first-order valence-electron chi connectivity index (χ1n) is 11.7. The van der Waals surface area contributed by atoms with E-state index in [4.69, 9.17) is 4.74 Å². The van der Waals surface area contributed by atoms with Gasteiger partial charge < -0.3 is 4.74 Å². The van der Waals surface area contributed by atoms with E-state index in [0.717, 1.165) is 35.5 Å². The van der Waals surface area contributed by atoms with Crippen molar-refractivity contribution in [1.82, 2.24) is 0 Å². The topological polar surface area (TPSA) is 9.23 Å². The normalized spacial score (nSPS) is 11.3. The number of hydrogen-bond acceptors (Lipinski definition) is 1. The van der Waals surface area contributed by atoms with E-state index >= 15 is 0 Å². The summed E-state index contributed by atoms with van der Waals surface area (Å²) in [6.07, 6.45) is 10.5. The second kappa shape index (κ2) is 11.2. The molecule has 1 heteroatoms. The quantitative estimate of drug-likeness (QED) is 0.253. The maximum absolute atomic E-state index is 6.60. The molecule has 0 amide bonds. The first-order valence-corrected chi connectivity index (χ1v) is 11.7. The van der Waals surface area contributed by atoms with Crippen molar-refractivity contribution in [3.8, 4) is 11.5 Å². The first-order chi connectivity index (χ1) is 16.3. The largest absolute Gasteiger partial charge is 0.456 e. The summed E-state index contributed by atoms with van der Waals surface area (Å²) in [7, 11) is 0. The molecule has 0 bridgehead atoms. The summed E-state index contributed by atoms with van der Waals surface area (Å²) in [5, 5.41) is 0. The molecule has 164 valence electrons. The second-order valence-electron chi connectivity index (χ2n) is 7.96. The molecule has 33 heavy (non-hydrogen) atoms. The minimum absolute atomic E-state index is 0.879. The lowest BCUT2D eigenvalue weighted by Crippen LogP contribution is -1.96. The predicted octanol–water partition coefficient (Wildman–Crippen LogP) is 8.94. The van der Waals surface area contributed by atoms with Crippen molar-refractivity contribution in [3.05, 3.63) is 130 Å². The molecule has 1 nitrogen and oxygen atoms in total. The summed E-state index contributed by atoms with van der Waals surface area (Å²) in [4.78, 5) is 0. The van der Waals surface area contributed by atoms with Crippen LogP contribution in [-0.2, 0) is 12.8 Å². The van der Waals surface area contributed by atoms with Crippen LogP contribution in [0.3, 0.4) is 0 Å². The van der Waals surface area contributed by atoms with Crippen LogP contribution >= 0.6 is 0 Å². The summed E-state index contributed by atoms with van der Waals surface area (Å²) in [6, 6.07) is 33.4. The van der Waals surface area contributed by atoms with Crippen molar-refractivity contribution in [1.29, 1.82) is 0 Å². The van der Waals surface area contributed by atoms with E-state index in [-0.39, 0.29) is 0 Å². The number of rotatable bonds is 8. The number of hydrogen-bond donors (Lipinski definition) is 0. The number of benzene rings is 4. The van der Waals surface area contributed by atoms with Gasteiger partial charge in [0.15, 0.2) is 0 Å². The molecule has 0 fully saturated rings. The van der Waals surface area contributed by atoms with Crippen molar-refractivity contribution in [2.45, 2.75) is 26.7 Å². The Balaban J connectivity index is 1.72. The Hall–Kier alpha value is -3.84. The average Bonchev–Trinajstić information content (AvgIpc) is 2.88. The first kappa shape index (κ1) is 22.4. The van der Waals surface area contributed by atoms with E-state index in [1.54, 1.807) is 0 Å². The summed E-state index contributed by atoms with van der Waals surface area (Å²) in [6.45, 7) is 4.37. The standard InChI is InChI=1S/C32H30O/c1-3-27-17-11-19-31(29(27)23-21-25-13-7-5-8-14-25)33-32-20-12-18-28(4-2)30(32)24-22-26-15-9-6-10-16-26/h5-24H,3-4H2,1-2H3. The van der Waals surface area contributed by atoms with Gasteiger partial charge in [-0.3, -0.25) is 0 Å². The van der Waals surface area contributed by atoms with Crippen LogP contribution in [0.1, 0.15) is 47.2 Å². The van der Waals surface area contributed by atoms with Gasteiger partial charge in [0.05, 0.1) is 0 Å². The zero-order valence-electron chi connectivity index (χ0n) is 19.4. The zero-order chi connectivity index (χ0) is 22.9. The molecule has 0 aliphatic heterocycles. The van der Waals surface area contributed by atoms with Crippen molar-refractivity contribution in [2.75, 3.05) is 0 Å². The van der Waals surface area contributed by atoms with Gasteiger partial charge in [-0.15, -0.1) is 0 Å². The van der Waals surface area contributed by atoms with Gasteiger partial charge in [0.2, 0.25) is 0 Å². The van der Waals surface area contributed by atoms with Gasteiger partial charge in [-0.2, -0.15) is 0 Å². The average molecular weight is 431 g/mol. The van der Waals surface area contributed by atoms with Crippen LogP contribution in [-0.4, -0.2) is 0 Å². The van der Waals surface area contributed by atoms with Gasteiger partial charge in [0.1, 0.15) is 11.5 Å². The molecule has 0 heterocycles. The van der Waals surface area contributed by atoms with Gasteiger partial charge in [-0.25, -0.2) is 0 Å². The van der Waals surface area contributed by atoms with Crippen LogP contribution in [0.15, 0.2) is 97.1 Å². The molecular weight excluding hydrogens is 400 g/mol. The number of aryl methyl sites for hydroxylation is 2. The smallest absolute Gasteiger partial charge is 0.134 e. The SMILES string of the molecule is CCc1cccc(Oc2cccc(CC)c2C=Cc2ccccc2)c1C=Cc1ccccc1. The van der Waals surface area contributed by atoms with E-state index in [2.05, 4.69) is 123 Å². The summed E-state index contributed by atoms with van der Waals surface area (Å²) >= 11 is 0. The summed E-state index contributed by atoms with van der Waals surface area (Å²) < 4.78 is 6.60. The Morgan fingerprint density at radius 3 is 1.30 bits per heavy atom. The predicted molar refractivity (Wildman–Crippen MR) is 142 cm³/mol. The van der Waals surface area contributed by atoms with E-state index in [1.807, 2.05) is 12.1 Å². The zero-order valence-corrected chi connectivity index (χ0v) is 19.4. The lowest BCUT2D eigenvalue weighted by molar-refractivity contribution is 0.479. The Morgan fingerprint density at radius 2 is 0.909 bits per heavy atom. The third kappa shape index (κ3) is 5.70. The maximum atomic E-state index is 6.60. The van der Waals surface area contributed by atoms with Crippen molar-refractivity contribution in [2.24, 2.45) is 0 Å². The van der Waals surface area contributed by atoms with Crippen molar-refractivity contribution < 1.29 is 4.74 Å². The van der Waals surface area contributed by atoms with Crippen LogP contribution in [0.25, 0.3) is 24.3 Å². The van der Waals surface area contributed by atoms with Crippen molar-refractivity contribution >= 4 is 24.3 Å². The van der Waals surface area contributed by atoms with Crippen LogP contribution in [0.4, 0.5) is 0 Å². The highest BCUT2D eigenvalue weighted by molar-refractivity contribution is 5.77. The fourth-order valence-corrected chi connectivity index (χ4v) is 3.96. The van der Waals surface area contributed by atoms with Gasteiger partial charge in [0.25, 0.3) is 0 Å². The van der Waals surface area contributed by atoms with E-state index in [0.29, 0.717) is 0 Å². The highest BCUT2D eigenvalue weighted by Gasteiger charge is 2.11. The molecule has 0 saturated heterocycles. The maximum Gasteiger partial charge on any atom is 0.134 e. The van der Waals surface area contributed by atoms with Crippen LogP contribution < -0.4 is 4.74 Å². The Morgan fingerprint density at radius 1 is 0.485 bits per heavy atom. The molecule has 0 saturated carbocycles. The lowest BCUT2D eigenvalue weighted by atomic mass is 10.0. The van der Waals surface area contributed by atoms with E-state index < -0.39 is 0 Å². The summed E-state index contributed by atoms with van der Waals surface area (Å²) in [5.74, 6) is 1.76. The Bertz CT molecular complexity index is 1140. The van der Waals surface area contributed by atoms with Gasteiger partial charge in [-0.05, 0) is 47.2 Å². The molecule has 0 aromatic heterocycles. The fraction of sp³-hybridized carbons (Fsp3) is 0.125. The minimum atomic E-state index is 0.879. The van der Waals surface area contributed by atoms with Crippen LogP contribution in [0.2, 0.25) is 0 Å². The molecule has 0 atom stereocenters. The monoisotopic (exact) mass is 430 g/mol. The molecule has 0 aliphatic carbocycles. The molecule has 0 N–H and O–H groups in total. The second-order valence-corrected chi connectivity index (χ2v) is 7.96. The van der Waals surface area contributed by atoms with Gasteiger partial charge >= 0.3 is 0 Å². The van der Waals surface area contributed by atoms with E-state index in [1.165, 1.54) is 22.3 Å². The van der Waals surface area contributed by atoms with Crippen molar-refractivity contribution in [3.63, 3.8) is 0 Å². The molecular formula is C32H30O. The third-order valence-electron chi connectivity index (χ3n) is 5.78. The Kier molecular flexibility index (Phi) is 7.56. The molecule has 0 aliphatic rings. The van der Waals surface area contributed by atoms with Crippen LogP contribution in [0.5, 0.6) is 11.5 Å². The highest BCUT2D eigenvalue weighted by atomic mass is 16.5. The highest BCUT2D eigenvalue weighted by Crippen LogP contribution is 2.34. The molecule has 0 radical (unpaired) electrons. The summed E-state index contributed by atoms with van der Waals surface area (Å²) in [5.41, 5.74) is 7.15. The van der Waals surface area contributed by atoms with Crippen LogP contribution in [0, 0.1) is 0 Å². The number of ether oxygens (including phenoxy) is 1. The molecule has 4 aromatic rings.